The van der Waals surface area contributed by atoms with Crippen LogP contribution in [0.15, 0.2) is 10.6 Å². The van der Waals surface area contributed by atoms with Crippen LogP contribution in [-0.4, -0.2) is 77.3 Å². The first kappa shape index (κ1) is 23.0. The van der Waals surface area contributed by atoms with E-state index in [0.717, 1.165) is 11.0 Å². The lowest BCUT2D eigenvalue weighted by atomic mass is 9.98. The molecule has 0 unspecified atom stereocenters. The number of halogens is 1. The molecule has 2 rings (SSSR count). The third kappa shape index (κ3) is 4.62. The normalized spacial score (nSPS) is 29.1. The van der Waals surface area contributed by atoms with Gasteiger partial charge in [0.15, 0.2) is 23.8 Å². The largest absolute Gasteiger partial charge is 0.447 e. The Bertz CT molecular complexity index is 651. The molecule has 2 aliphatic rings. The molecule has 1 fully saturated rings. The predicted octanol–water partition coefficient (Wildman–Crippen LogP) is 1.10. The Morgan fingerprint density at radius 2 is 2.11 bits per heavy atom. The molecule has 0 bridgehead atoms. The summed E-state index contributed by atoms with van der Waals surface area (Å²) in [6, 6.07) is -0.484. The van der Waals surface area contributed by atoms with Gasteiger partial charge in [0.1, 0.15) is 6.61 Å². The summed E-state index contributed by atoms with van der Waals surface area (Å²) in [5, 5.41) is 19.7. The summed E-state index contributed by atoms with van der Waals surface area (Å²) in [5.74, 6) is -3.23. The topological polar surface area (TPSA) is 123 Å². The number of aliphatic hydroxyl groups is 2. The van der Waals surface area contributed by atoms with Gasteiger partial charge in [-0.3, -0.25) is 9.59 Å². The van der Waals surface area contributed by atoms with Crippen molar-refractivity contribution >= 4 is 33.7 Å². The van der Waals surface area contributed by atoms with Crippen LogP contribution in [-0.2, 0) is 23.8 Å². The highest BCUT2D eigenvalue weighted by Crippen LogP contribution is 2.36. The van der Waals surface area contributed by atoms with E-state index in [4.69, 9.17) is 19.3 Å². The van der Waals surface area contributed by atoms with E-state index in [-0.39, 0.29) is 30.0 Å². The van der Waals surface area contributed by atoms with Crippen molar-refractivity contribution in [2.45, 2.75) is 57.1 Å². The number of rotatable bonds is 8. The zero-order chi connectivity index (χ0) is 21.1. The Labute approximate surface area is 171 Å². The molecule has 2 amide bonds. The molecule has 0 radical (unpaired) electrons. The third-order valence-electron chi connectivity index (χ3n) is 4.85. The van der Waals surface area contributed by atoms with E-state index in [0.29, 0.717) is 12.8 Å². The molecule has 0 aromatic heterocycles. The van der Waals surface area contributed by atoms with Gasteiger partial charge in [0.05, 0.1) is 10.5 Å². The second-order valence-corrected chi connectivity index (χ2v) is 8.01. The minimum Gasteiger partial charge on any atom is -0.447 e. The number of unbranched alkanes of at least 4 members (excludes halogenated alkanes) is 1. The minimum atomic E-state index is -1.84. The van der Waals surface area contributed by atoms with Crippen molar-refractivity contribution < 1.29 is 38.8 Å². The molecule has 0 saturated carbocycles. The summed E-state index contributed by atoms with van der Waals surface area (Å²) in [4.78, 5) is 38.5. The molecule has 2 aliphatic heterocycles. The van der Waals surface area contributed by atoms with Crippen LogP contribution in [0.25, 0.3) is 0 Å². The van der Waals surface area contributed by atoms with Gasteiger partial charge in [-0.2, -0.15) is 0 Å². The SMILES string of the molecule is CO[C@@H](C(=O)N1C(=O)OC[C@H]1C(C)C)[C@H]1O[C@@](O)(CCCCO)C(Br)=CC1=O. The molecule has 0 aliphatic carbocycles. The highest BCUT2D eigenvalue weighted by molar-refractivity contribution is 9.11. The molecular weight excluding hydrogens is 438 g/mol. The van der Waals surface area contributed by atoms with Crippen LogP contribution in [0.3, 0.4) is 0 Å². The minimum absolute atomic E-state index is 0.0490. The fourth-order valence-corrected chi connectivity index (χ4v) is 3.70. The number of amides is 2. The molecular formula is C18H26BrNO8. The molecule has 1 saturated heterocycles. The number of nitrogens with zero attached hydrogens (tertiary/aromatic N) is 1. The second-order valence-electron chi connectivity index (χ2n) is 7.15. The van der Waals surface area contributed by atoms with Crippen LogP contribution in [0.5, 0.6) is 0 Å². The van der Waals surface area contributed by atoms with Crippen LogP contribution in [0.2, 0.25) is 0 Å². The molecule has 0 aromatic carbocycles. The van der Waals surface area contributed by atoms with Gasteiger partial charge in [0.2, 0.25) is 0 Å². The lowest BCUT2D eigenvalue weighted by molar-refractivity contribution is -0.227. The maximum Gasteiger partial charge on any atom is 0.417 e. The zero-order valence-electron chi connectivity index (χ0n) is 16.1. The Morgan fingerprint density at radius 3 is 2.68 bits per heavy atom. The highest BCUT2D eigenvalue weighted by Gasteiger charge is 2.50. The Hall–Kier alpha value is -1.33. The van der Waals surface area contributed by atoms with Gasteiger partial charge in [-0.05, 0) is 40.8 Å². The van der Waals surface area contributed by atoms with Gasteiger partial charge in [0.25, 0.3) is 5.91 Å². The molecule has 10 heteroatoms. The van der Waals surface area contributed by atoms with E-state index in [9.17, 15) is 19.5 Å². The van der Waals surface area contributed by atoms with Crippen molar-refractivity contribution in [3.63, 3.8) is 0 Å². The smallest absolute Gasteiger partial charge is 0.417 e. The van der Waals surface area contributed by atoms with Crippen molar-refractivity contribution in [2.75, 3.05) is 20.3 Å². The third-order valence-corrected chi connectivity index (χ3v) is 5.70. The van der Waals surface area contributed by atoms with Crippen molar-refractivity contribution in [2.24, 2.45) is 5.92 Å². The first-order chi connectivity index (χ1) is 13.2. The summed E-state index contributed by atoms with van der Waals surface area (Å²) < 4.78 is 15.9. The number of carbonyl (C=O) groups is 3. The molecule has 0 spiro atoms. The van der Waals surface area contributed by atoms with Crippen LogP contribution in [0.4, 0.5) is 4.79 Å². The highest BCUT2D eigenvalue weighted by atomic mass is 79.9. The zero-order valence-corrected chi connectivity index (χ0v) is 17.7. The van der Waals surface area contributed by atoms with Crippen molar-refractivity contribution in [1.29, 1.82) is 0 Å². The molecule has 158 valence electrons. The van der Waals surface area contributed by atoms with Crippen LogP contribution >= 0.6 is 15.9 Å². The van der Waals surface area contributed by atoms with Crippen LogP contribution < -0.4 is 0 Å². The monoisotopic (exact) mass is 463 g/mol. The number of imide groups is 1. The summed E-state index contributed by atoms with van der Waals surface area (Å²) in [5.41, 5.74) is 0. The summed E-state index contributed by atoms with van der Waals surface area (Å²) in [7, 11) is 1.23. The Morgan fingerprint density at radius 1 is 1.43 bits per heavy atom. The first-order valence-corrected chi connectivity index (χ1v) is 9.90. The molecule has 9 nitrogen and oxygen atoms in total. The van der Waals surface area contributed by atoms with E-state index in [1.165, 1.54) is 7.11 Å². The average molecular weight is 464 g/mol. The van der Waals surface area contributed by atoms with Gasteiger partial charge in [-0.1, -0.05) is 13.8 Å². The lowest BCUT2D eigenvalue weighted by Gasteiger charge is -2.38. The standard InChI is InChI=1S/C18H26BrNO8/c1-10(2)11-9-27-17(24)20(11)16(23)15(26-3)14-12(22)8-13(19)18(25,28-14)6-4-5-7-21/h8,10-11,14-15,21,25H,4-7,9H2,1-3H3/t11-,14-,15+,18-/m0/s1. The van der Waals surface area contributed by atoms with E-state index in [1.54, 1.807) is 0 Å². The molecule has 28 heavy (non-hydrogen) atoms. The number of cyclic esters (lactones) is 1. The maximum absolute atomic E-state index is 13.0. The summed E-state index contributed by atoms with van der Waals surface area (Å²) >= 11 is 3.14. The van der Waals surface area contributed by atoms with Crippen molar-refractivity contribution in [3.8, 4) is 0 Å². The van der Waals surface area contributed by atoms with Gasteiger partial charge >= 0.3 is 6.09 Å². The molecule has 2 N–H and O–H groups in total. The van der Waals surface area contributed by atoms with Gasteiger partial charge in [0, 0.05) is 20.1 Å². The van der Waals surface area contributed by atoms with Crippen molar-refractivity contribution in [1.82, 2.24) is 4.90 Å². The fourth-order valence-electron chi connectivity index (χ4n) is 3.18. The molecule has 4 atom stereocenters. The summed E-state index contributed by atoms with van der Waals surface area (Å²) in [6.45, 7) is 3.70. The number of ether oxygens (including phenoxy) is 3. The summed E-state index contributed by atoms with van der Waals surface area (Å²) in [6.07, 6.45) is -1.55. The number of ketones is 1. The fraction of sp³-hybridized carbons (Fsp3) is 0.722. The van der Waals surface area contributed by atoms with Crippen LogP contribution in [0, 0.1) is 5.92 Å². The molecule has 2 heterocycles. The van der Waals surface area contributed by atoms with Crippen LogP contribution in [0.1, 0.15) is 33.1 Å². The number of aliphatic hydroxyl groups excluding tert-OH is 1. The quantitative estimate of drug-likeness (QED) is 0.513. The number of hydrogen-bond donors (Lipinski definition) is 2. The Balaban J connectivity index is 2.26. The lowest BCUT2D eigenvalue weighted by Crippen LogP contribution is -2.56. The average Bonchev–Trinajstić information content (AvgIpc) is 3.02. The number of carbonyl (C=O) groups excluding carboxylic acids is 3. The predicted molar refractivity (Wildman–Crippen MR) is 100 cm³/mol. The molecule has 0 aromatic rings. The van der Waals surface area contributed by atoms with Gasteiger partial charge < -0.3 is 24.4 Å². The first-order valence-electron chi connectivity index (χ1n) is 9.11. The Kier molecular flexibility index (Phi) is 7.74. The number of hydrogen-bond acceptors (Lipinski definition) is 8. The van der Waals surface area contributed by atoms with E-state index < -0.39 is 41.8 Å². The maximum atomic E-state index is 13.0. The van der Waals surface area contributed by atoms with E-state index >= 15 is 0 Å². The van der Waals surface area contributed by atoms with Gasteiger partial charge in [-0.25, -0.2) is 9.69 Å². The number of methoxy groups -OCH3 is 1. The van der Waals surface area contributed by atoms with E-state index in [1.807, 2.05) is 13.8 Å². The van der Waals surface area contributed by atoms with E-state index in [2.05, 4.69) is 15.9 Å². The van der Waals surface area contributed by atoms with Gasteiger partial charge in [-0.15, -0.1) is 0 Å². The second kappa shape index (κ2) is 9.45. The van der Waals surface area contributed by atoms with Crippen molar-refractivity contribution in [3.05, 3.63) is 10.6 Å².